The third kappa shape index (κ3) is 4.88. The predicted octanol–water partition coefficient (Wildman–Crippen LogP) is 4.42. The Morgan fingerprint density at radius 3 is 2.10 bits per heavy atom. The van der Waals surface area contributed by atoms with Crippen LogP contribution in [0.15, 0.2) is 12.1 Å². The maximum atomic E-state index is 6.33. The van der Waals surface area contributed by atoms with Gasteiger partial charge in [0, 0.05) is 23.2 Å². The molecular weight excluding hydrogens is 274 g/mol. The molecule has 0 aromatic heterocycles. The molecule has 0 atom stereocenters. The first-order valence-corrected chi connectivity index (χ1v) is 7.64. The molecule has 0 aliphatic rings. The van der Waals surface area contributed by atoms with Gasteiger partial charge in [-0.25, -0.2) is 0 Å². The number of benzene rings is 1. The molecule has 0 spiro atoms. The van der Waals surface area contributed by atoms with Crippen molar-refractivity contribution in [2.75, 3.05) is 13.2 Å². The van der Waals surface area contributed by atoms with Crippen molar-refractivity contribution >= 4 is 11.6 Å². The van der Waals surface area contributed by atoms with Crippen LogP contribution in [0, 0.1) is 0 Å². The van der Waals surface area contributed by atoms with E-state index in [9.17, 15) is 0 Å². The zero-order valence-electron chi connectivity index (χ0n) is 13.2. The first-order valence-electron chi connectivity index (χ1n) is 7.26. The summed E-state index contributed by atoms with van der Waals surface area (Å²) in [5.74, 6) is 1.46. The van der Waals surface area contributed by atoms with Gasteiger partial charge in [-0.2, -0.15) is 0 Å². The number of hydrogen-bond acceptors (Lipinski definition) is 3. The smallest absolute Gasteiger partial charge is 0.162 e. The summed E-state index contributed by atoms with van der Waals surface area (Å²) in [6.07, 6.45) is 1.06. The van der Waals surface area contributed by atoms with Gasteiger partial charge in [-0.1, -0.05) is 18.5 Å². The van der Waals surface area contributed by atoms with Crippen molar-refractivity contribution in [2.24, 2.45) is 0 Å². The second-order valence-corrected chi connectivity index (χ2v) is 5.75. The summed E-state index contributed by atoms with van der Waals surface area (Å²) in [5, 5.41) is 4.21. The lowest BCUT2D eigenvalue weighted by Gasteiger charge is -2.25. The Kier molecular flexibility index (Phi) is 6.63. The Labute approximate surface area is 127 Å². The fourth-order valence-corrected chi connectivity index (χ4v) is 1.93. The maximum absolute atomic E-state index is 6.33. The van der Waals surface area contributed by atoms with E-state index in [2.05, 4.69) is 26.1 Å². The molecule has 1 aromatic carbocycles. The number of ether oxygens (including phenoxy) is 2. The molecule has 0 bridgehead atoms. The Hall–Kier alpha value is -0.930. The zero-order chi connectivity index (χ0) is 15.2. The molecular formula is C16H26ClNO2. The van der Waals surface area contributed by atoms with Gasteiger partial charge in [0.05, 0.1) is 13.2 Å². The molecule has 0 amide bonds. The normalized spacial score (nSPS) is 11.5. The van der Waals surface area contributed by atoms with Crippen LogP contribution in [0.5, 0.6) is 11.5 Å². The van der Waals surface area contributed by atoms with Crippen LogP contribution < -0.4 is 14.8 Å². The molecule has 20 heavy (non-hydrogen) atoms. The second-order valence-electron chi connectivity index (χ2n) is 5.35. The summed E-state index contributed by atoms with van der Waals surface area (Å²) < 4.78 is 11.2. The first kappa shape index (κ1) is 17.1. The van der Waals surface area contributed by atoms with Crippen molar-refractivity contribution in [3.63, 3.8) is 0 Å². The summed E-state index contributed by atoms with van der Waals surface area (Å²) in [5.41, 5.74) is 1.12. The predicted molar refractivity (Wildman–Crippen MR) is 85.0 cm³/mol. The fourth-order valence-electron chi connectivity index (χ4n) is 1.71. The van der Waals surface area contributed by atoms with E-state index in [4.69, 9.17) is 21.1 Å². The standard InChI is InChI=1S/C16H26ClNO2/c1-6-16(4,5)18-11-12-9-14(19-7-2)15(20-8-3)10-13(12)17/h9-10,18H,6-8,11H2,1-5H3. The van der Waals surface area contributed by atoms with Crippen LogP contribution in [0.1, 0.15) is 46.6 Å². The topological polar surface area (TPSA) is 30.5 Å². The van der Waals surface area contributed by atoms with Gasteiger partial charge in [0.1, 0.15) is 0 Å². The van der Waals surface area contributed by atoms with Gasteiger partial charge in [-0.15, -0.1) is 0 Å². The lowest BCUT2D eigenvalue weighted by Crippen LogP contribution is -2.37. The van der Waals surface area contributed by atoms with E-state index in [0.717, 1.165) is 17.7 Å². The molecule has 114 valence electrons. The Morgan fingerprint density at radius 1 is 1.05 bits per heavy atom. The monoisotopic (exact) mass is 299 g/mol. The Bertz CT molecular complexity index is 433. The van der Waals surface area contributed by atoms with Crippen LogP contribution >= 0.6 is 11.6 Å². The molecule has 1 N–H and O–H groups in total. The molecule has 0 heterocycles. The minimum atomic E-state index is 0.0910. The molecule has 0 saturated carbocycles. The Balaban J connectivity index is 2.93. The summed E-state index contributed by atoms with van der Waals surface area (Å²) in [7, 11) is 0. The number of hydrogen-bond donors (Lipinski definition) is 1. The van der Waals surface area contributed by atoms with E-state index < -0.39 is 0 Å². The fraction of sp³-hybridized carbons (Fsp3) is 0.625. The van der Waals surface area contributed by atoms with E-state index in [1.807, 2.05) is 26.0 Å². The average Bonchev–Trinajstić information content (AvgIpc) is 2.41. The number of nitrogens with one attached hydrogen (secondary N) is 1. The molecule has 0 aliphatic heterocycles. The largest absolute Gasteiger partial charge is 0.490 e. The number of rotatable bonds is 8. The van der Waals surface area contributed by atoms with Gasteiger partial charge in [0.15, 0.2) is 11.5 Å². The highest BCUT2D eigenvalue weighted by Crippen LogP contribution is 2.34. The Morgan fingerprint density at radius 2 is 1.60 bits per heavy atom. The van der Waals surface area contributed by atoms with E-state index in [-0.39, 0.29) is 5.54 Å². The highest BCUT2D eigenvalue weighted by atomic mass is 35.5. The van der Waals surface area contributed by atoms with Gasteiger partial charge in [-0.05, 0) is 45.7 Å². The van der Waals surface area contributed by atoms with E-state index in [1.165, 1.54) is 0 Å². The summed E-state index contributed by atoms with van der Waals surface area (Å²) >= 11 is 6.33. The number of halogens is 1. The van der Waals surface area contributed by atoms with Crippen LogP contribution in [0.2, 0.25) is 5.02 Å². The molecule has 1 rings (SSSR count). The lowest BCUT2D eigenvalue weighted by atomic mass is 10.0. The quantitative estimate of drug-likeness (QED) is 0.771. The SMILES string of the molecule is CCOc1cc(Cl)c(CNC(C)(C)CC)cc1OCC. The minimum Gasteiger partial charge on any atom is -0.490 e. The summed E-state index contributed by atoms with van der Waals surface area (Å²) in [4.78, 5) is 0. The second kappa shape index (κ2) is 7.75. The molecule has 3 nitrogen and oxygen atoms in total. The molecule has 1 aromatic rings. The van der Waals surface area contributed by atoms with Crippen molar-refractivity contribution in [3.05, 3.63) is 22.7 Å². The maximum Gasteiger partial charge on any atom is 0.162 e. The molecule has 0 radical (unpaired) electrons. The van der Waals surface area contributed by atoms with Crippen molar-refractivity contribution in [2.45, 2.75) is 53.1 Å². The molecule has 0 unspecified atom stereocenters. The lowest BCUT2D eigenvalue weighted by molar-refractivity contribution is 0.287. The van der Waals surface area contributed by atoms with Crippen LogP contribution in [0.4, 0.5) is 0 Å². The molecule has 0 aliphatic carbocycles. The van der Waals surface area contributed by atoms with Gasteiger partial charge in [0.2, 0.25) is 0 Å². The molecule has 4 heteroatoms. The van der Waals surface area contributed by atoms with Gasteiger partial charge >= 0.3 is 0 Å². The summed E-state index contributed by atoms with van der Waals surface area (Å²) in [6.45, 7) is 12.3. The van der Waals surface area contributed by atoms with Crippen LogP contribution in [0.3, 0.4) is 0 Å². The highest BCUT2D eigenvalue weighted by molar-refractivity contribution is 6.31. The van der Waals surface area contributed by atoms with Gasteiger partial charge in [0.25, 0.3) is 0 Å². The van der Waals surface area contributed by atoms with E-state index in [0.29, 0.717) is 30.5 Å². The third-order valence-electron chi connectivity index (χ3n) is 3.35. The van der Waals surface area contributed by atoms with Crippen molar-refractivity contribution in [3.8, 4) is 11.5 Å². The van der Waals surface area contributed by atoms with Crippen molar-refractivity contribution in [1.29, 1.82) is 0 Å². The highest BCUT2D eigenvalue weighted by Gasteiger charge is 2.16. The minimum absolute atomic E-state index is 0.0910. The zero-order valence-corrected chi connectivity index (χ0v) is 13.9. The first-order chi connectivity index (χ1) is 9.43. The van der Waals surface area contributed by atoms with Crippen LogP contribution in [-0.2, 0) is 6.54 Å². The van der Waals surface area contributed by atoms with E-state index in [1.54, 1.807) is 0 Å². The van der Waals surface area contributed by atoms with Crippen molar-refractivity contribution < 1.29 is 9.47 Å². The van der Waals surface area contributed by atoms with E-state index >= 15 is 0 Å². The van der Waals surface area contributed by atoms with Crippen LogP contribution in [0.25, 0.3) is 0 Å². The van der Waals surface area contributed by atoms with Crippen molar-refractivity contribution in [1.82, 2.24) is 5.32 Å². The van der Waals surface area contributed by atoms with Gasteiger partial charge < -0.3 is 14.8 Å². The third-order valence-corrected chi connectivity index (χ3v) is 3.71. The van der Waals surface area contributed by atoms with Gasteiger partial charge in [-0.3, -0.25) is 0 Å². The molecule has 0 fully saturated rings. The average molecular weight is 300 g/mol. The van der Waals surface area contributed by atoms with Crippen LogP contribution in [-0.4, -0.2) is 18.8 Å². The molecule has 0 saturated heterocycles. The summed E-state index contributed by atoms with van der Waals surface area (Å²) in [6, 6.07) is 3.81.